The van der Waals surface area contributed by atoms with E-state index in [2.05, 4.69) is 23.8 Å². The first kappa shape index (κ1) is 14.6. The Morgan fingerprint density at radius 1 is 1.30 bits per heavy atom. The van der Waals surface area contributed by atoms with E-state index in [9.17, 15) is 0 Å². The van der Waals surface area contributed by atoms with Crippen LogP contribution in [0, 0.1) is 5.92 Å². The Kier molecular flexibility index (Phi) is 4.79. The smallest absolute Gasteiger partial charge is 0.215 e. The molecule has 2 heterocycles. The number of imidazole rings is 1. The number of fused-ring (bicyclic) bond motifs is 1. The van der Waals surface area contributed by atoms with E-state index in [4.69, 9.17) is 15.2 Å². The molecule has 0 unspecified atom stereocenters. The van der Waals surface area contributed by atoms with E-state index in [1.54, 1.807) is 13.2 Å². The van der Waals surface area contributed by atoms with Gasteiger partial charge in [0.1, 0.15) is 5.52 Å². The van der Waals surface area contributed by atoms with Crippen LogP contribution in [0.5, 0.6) is 5.88 Å². The van der Waals surface area contributed by atoms with Gasteiger partial charge in [-0.25, -0.2) is 4.98 Å². The first-order valence-corrected chi connectivity index (χ1v) is 6.86. The van der Waals surface area contributed by atoms with Gasteiger partial charge in [0.15, 0.2) is 5.65 Å². The summed E-state index contributed by atoms with van der Waals surface area (Å²) in [6.45, 7) is 6.50. The molecule has 20 heavy (non-hydrogen) atoms. The molecular weight excluding hydrogens is 256 g/mol. The van der Waals surface area contributed by atoms with Crippen molar-refractivity contribution in [2.45, 2.75) is 26.8 Å². The van der Waals surface area contributed by atoms with E-state index in [-0.39, 0.29) is 0 Å². The molecule has 110 valence electrons. The van der Waals surface area contributed by atoms with Crippen molar-refractivity contribution in [3.05, 3.63) is 12.1 Å². The zero-order chi connectivity index (χ0) is 14.5. The number of pyridine rings is 1. The number of hydrogen-bond donors (Lipinski definition) is 1. The fourth-order valence-electron chi connectivity index (χ4n) is 1.98. The highest BCUT2D eigenvalue weighted by Crippen LogP contribution is 2.19. The highest BCUT2D eigenvalue weighted by atomic mass is 16.5. The summed E-state index contributed by atoms with van der Waals surface area (Å²) in [5.41, 5.74) is 7.48. The van der Waals surface area contributed by atoms with Crippen LogP contribution in [-0.4, -0.2) is 34.9 Å². The molecule has 0 fully saturated rings. The number of anilines is 1. The van der Waals surface area contributed by atoms with Crippen molar-refractivity contribution in [2.24, 2.45) is 5.92 Å². The van der Waals surface area contributed by atoms with Gasteiger partial charge in [-0.15, -0.1) is 0 Å². The first-order chi connectivity index (χ1) is 9.61. The quantitative estimate of drug-likeness (QED) is 0.785. The van der Waals surface area contributed by atoms with Crippen LogP contribution in [0.3, 0.4) is 0 Å². The molecule has 0 aromatic carbocycles. The minimum Gasteiger partial charge on any atom is -0.481 e. The summed E-state index contributed by atoms with van der Waals surface area (Å²) in [5.74, 6) is 1.60. The molecule has 0 saturated heterocycles. The summed E-state index contributed by atoms with van der Waals surface area (Å²) >= 11 is 0. The molecule has 0 aliphatic rings. The van der Waals surface area contributed by atoms with Crippen LogP contribution in [-0.2, 0) is 11.3 Å². The molecule has 2 rings (SSSR count). The normalized spacial score (nSPS) is 11.4. The fraction of sp³-hybridized carbons (Fsp3) is 0.571. The lowest BCUT2D eigenvalue weighted by Crippen LogP contribution is -2.09. The number of aromatic nitrogens is 3. The van der Waals surface area contributed by atoms with Crippen molar-refractivity contribution in [2.75, 3.05) is 26.1 Å². The van der Waals surface area contributed by atoms with E-state index in [1.807, 2.05) is 10.6 Å². The van der Waals surface area contributed by atoms with Crippen molar-refractivity contribution >= 4 is 17.1 Å². The van der Waals surface area contributed by atoms with Crippen LogP contribution in [0.15, 0.2) is 12.1 Å². The van der Waals surface area contributed by atoms with Crippen molar-refractivity contribution in [3.8, 4) is 5.88 Å². The molecular formula is C14H22N4O2. The van der Waals surface area contributed by atoms with E-state index in [1.165, 1.54) is 0 Å². The number of aryl methyl sites for hydroxylation is 1. The molecule has 0 aliphatic carbocycles. The number of nitrogens with zero attached hydrogens (tertiary/aromatic N) is 3. The molecule has 0 aliphatic heterocycles. The molecule has 0 atom stereocenters. The van der Waals surface area contributed by atoms with Crippen LogP contribution in [0.25, 0.3) is 11.2 Å². The summed E-state index contributed by atoms with van der Waals surface area (Å²) in [5, 5.41) is 0. The van der Waals surface area contributed by atoms with Crippen LogP contribution in [0.4, 0.5) is 5.95 Å². The maximum absolute atomic E-state index is 5.94. The van der Waals surface area contributed by atoms with Crippen molar-refractivity contribution in [1.82, 2.24) is 14.5 Å². The average molecular weight is 278 g/mol. The fourth-order valence-corrected chi connectivity index (χ4v) is 1.98. The molecule has 6 nitrogen and oxygen atoms in total. The zero-order valence-electron chi connectivity index (χ0n) is 12.3. The van der Waals surface area contributed by atoms with Gasteiger partial charge in [-0.05, 0) is 18.4 Å². The lowest BCUT2D eigenvalue weighted by Gasteiger charge is -2.08. The van der Waals surface area contributed by atoms with Crippen molar-refractivity contribution in [3.63, 3.8) is 0 Å². The summed E-state index contributed by atoms with van der Waals surface area (Å²) in [6, 6.07) is 3.65. The van der Waals surface area contributed by atoms with E-state index in [0.29, 0.717) is 24.4 Å². The molecule has 2 aromatic rings. The second-order valence-electron chi connectivity index (χ2n) is 5.14. The number of ether oxygens (including phenoxy) is 2. The predicted molar refractivity (Wildman–Crippen MR) is 78.8 cm³/mol. The minimum atomic E-state index is 0.476. The molecule has 2 N–H and O–H groups in total. The Morgan fingerprint density at radius 3 is 2.80 bits per heavy atom. The number of hydrogen-bond acceptors (Lipinski definition) is 5. The maximum atomic E-state index is 5.94. The van der Waals surface area contributed by atoms with Crippen LogP contribution < -0.4 is 10.5 Å². The second kappa shape index (κ2) is 6.56. The first-order valence-electron chi connectivity index (χ1n) is 6.86. The number of nitrogen functional groups attached to an aromatic ring is 1. The topological polar surface area (TPSA) is 75.2 Å². The number of rotatable bonds is 7. The van der Waals surface area contributed by atoms with Crippen LogP contribution in [0.2, 0.25) is 0 Å². The highest BCUT2D eigenvalue weighted by Gasteiger charge is 2.10. The van der Waals surface area contributed by atoms with Gasteiger partial charge in [-0.3, -0.25) is 4.57 Å². The van der Waals surface area contributed by atoms with Gasteiger partial charge in [-0.1, -0.05) is 13.8 Å². The van der Waals surface area contributed by atoms with E-state index < -0.39 is 0 Å². The summed E-state index contributed by atoms with van der Waals surface area (Å²) in [6.07, 6.45) is 0.876. The summed E-state index contributed by atoms with van der Waals surface area (Å²) < 4.78 is 12.6. The molecule has 6 heteroatoms. The Bertz CT molecular complexity index is 566. The van der Waals surface area contributed by atoms with E-state index >= 15 is 0 Å². The Hall–Kier alpha value is -1.82. The van der Waals surface area contributed by atoms with Gasteiger partial charge in [-0.2, -0.15) is 4.98 Å². The lowest BCUT2D eigenvalue weighted by atomic mass is 10.2. The zero-order valence-corrected chi connectivity index (χ0v) is 12.3. The van der Waals surface area contributed by atoms with Gasteiger partial charge in [0.05, 0.1) is 7.11 Å². The largest absolute Gasteiger partial charge is 0.481 e. The third kappa shape index (κ3) is 3.39. The number of nitrogens with two attached hydrogens (primary N) is 1. The van der Waals surface area contributed by atoms with E-state index in [0.717, 1.165) is 30.7 Å². The monoisotopic (exact) mass is 278 g/mol. The molecule has 0 radical (unpaired) electrons. The Balaban J connectivity index is 2.03. The maximum Gasteiger partial charge on any atom is 0.215 e. The standard InChI is InChI=1S/C14H22N4O2/c1-10(2)9-20-8-4-7-18-13-11(16-14(18)15)5-6-12(17-13)19-3/h5-6,10H,4,7-9H2,1-3H3,(H2,15,16). The molecule has 0 spiro atoms. The van der Waals surface area contributed by atoms with Gasteiger partial charge in [0.2, 0.25) is 11.8 Å². The molecule has 0 amide bonds. The highest BCUT2D eigenvalue weighted by molar-refractivity contribution is 5.74. The van der Waals surface area contributed by atoms with Gasteiger partial charge in [0.25, 0.3) is 0 Å². The van der Waals surface area contributed by atoms with Gasteiger partial charge >= 0.3 is 0 Å². The third-order valence-electron chi connectivity index (χ3n) is 2.93. The summed E-state index contributed by atoms with van der Waals surface area (Å²) in [7, 11) is 1.60. The Morgan fingerprint density at radius 2 is 2.10 bits per heavy atom. The summed E-state index contributed by atoms with van der Waals surface area (Å²) in [4.78, 5) is 8.70. The van der Waals surface area contributed by atoms with Crippen molar-refractivity contribution < 1.29 is 9.47 Å². The average Bonchev–Trinajstić information content (AvgIpc) is 2.73. The van der Waals surface area contributed by atoms with Crippen LogP contribution in [0.1, 0.15) is 20.3 Å². The van der Waals surface area contributed by atoms with Crippen LogP contribution >= 0.6 is 0 Å². The second-order valence-corrected chi connectivity index (χ2v) is 5.14. The van der Waals surface area contributed by atoms with Gasteiger partial charge < -0.3 is 15.2 Å². The third-order valence-corrected chi connectivity index (χ3v) is 2.93. The van der Waals surface area contributed by atoms with Gasteiger partial charge in [0, 0.05) is 25.8 Å². The minimum absolute atomic E-state index is 0.476. The predicted octanol–water partition coefficient (Wildman–Crippen LogP) is 2.08. The number of methoxy groups -OCH3 is 1. The molecule has 0 bridgehead atoms. The molecule has 0 saturated carbocycles. The lowest BCUT2D eigenvalue weighted by molar-refractivity contribution is 0.105. The SMILES string of the molecule is COc1ccc2nc(N)n(CCCOCC(C)C)c2n1. The van der Waals surface area contributed by atoms with Crippen molar-refractivity contribution in [1.29, 1.82) is 0 Å². The Labute approximate surface area is 118 Å². The molecule has 2 aromatic heterocycles.